The van der Waals surface area contributed by atoms with E-state index in [1.165, 1.54) is 0 Å². The molecule has 2 unspecified atom stereocenters. The van der Waals surface area contributed by atoms with Crippen LogP contribution in [0.3, 0.4) is 0 Å². The van der Waals surface area contributed by atoms with Gasteiger partial charge in [-0.15, -0.1) is 0 Å². The number of hydrogen-bond acceptors (Lipinski definition) is 4. The number of aliphatic hydroxyl groups excluding tert-OH is 1. The lowest BCUT2D eigenvalue weighted by Crippen LogP contribution is -2.47. The number of carbonyl (C=O) groups is 2. The van der Waals surface area contributed by atoms with Crippen LogP contribution in [0.25, 0.3) is 0 Å². The number of carboxylic acids is 1. The van der Waals surface area contributed by atoms with Crippen LogP contribution in [-0.2, 0) is 4.79 Å². The smallest absolute Gasteiger partial charge is 0.332 e. The number of carbonyl (C=O) groups excluding carboxylic acids is 1. The third-order valence-electron chi connectivity index (χ3n) is 3.19. The van der Waals surface area contributed by atoms with Crippen LogP contribution < -0.4 is 5.32 Å². The van der Waals surface area contributed by atoms with Crippen LogP contribution in [0.1, 0.15) is 19.3 Å². The maximum Gasteiger partial charge on any atom is 0.332 e. The van der Waals surface area contributed by atoms with Crippen LogP contribution in [0.2, 0.25) is 0 Å². The second-order valence-electron chi connectivity index (χ2n) is 5.13. The molecule has 2 amide bonds. The molecule has 1 saturated heterocycles. The number of rotatable bonds is 6. The zero-order chi connectivity index (χ0) is 14.4. The fourth-order valence-electron chi connectivity index (χ4n) is 2.26. The van der Waals surface area contributed by atoms with Crippen LogP contribution in [0.4, 0.5) is 4.79 Å². The lowest BCUT2D eigenvalue weighted by molar-refractivity contribution is -0.146. The summed E-state index contributed by atoms with van der Waals surface area (Å²) in [6, 6.07) is 0.0290. The van der Waals surface area contributed by atoms with E-state index < -0.39 is 12.1 Å². The summed E-state index contributed by atoms with van der Waals surface area (Å²) >= 11 is 0. The van der Waals surface area contributed by atoms with E-state index in [4.69, 9.17) is 10.2 Å². The van der Waals surface area contributed by atoms with Gasteiger partial charge in [0.2, 0.25) is 0 Å². The molecule has 1 aliphatic heterocycles. The highest BCUT2D eigenvalue weighted by Crippen LogP contribution is 2.17. The lowest BCUT2D eigenvalue weighted by Gasteiger charge is -2.27. The van der Waals surface area contributed by atoms with Gasteiger partial charge < -0.3 is 25.3 Å². The number of hydrogen-bond donors (Lipinski definition) is 3. The first-order chi connectivity index (χ1) is 8.91. The van der Waals surface area contributed by atoms with E-state index in [-0.39, 0.29) is 25.0 Å². The Morgan fingerprint density at radius 2 is 2.16 bits per heavy atom. The van der Waals surface area contributed by atoms with Crippen molar-refractivity contribution in [2.45, 2.75) is 31.4 Å². The number of nitrogens with one attached hydrogen (secondary N) is 1. The number of nitrogens with zero attached hydrogens (tertiary/aromatic N) is 2. The van der Waals surface area contributed by atoms with Gasteiger partial charge >= 0.3 is 12.0 Å². The summed E-state index contributed by atoms with van der Waals surface area (Å²) in [5.41, 5.74) is 0. The molecule has 7 nitrogen and oxygen atoms in total. The normalized spacial score (nSPS) is 20.6. The van der Waals surface area contributed by atoms with Crippen molar-refractivity contribution in [2.24, 2.45) is 0 Å². The van der Waals surface area contributed by atoms with E-state index in [1.54, 1.807) is 4.90 Å². The molecule has 7 heteroatoms. The molecule has 1 heterocycles. The summed E-state index contributed by atoms with van der Waals surface area (Å²) < 4.78 is 0. The maximum atomic E-state index is 12.0. The molecule has 0 aliphatic carbocycles. The summed E-state index contributed by atoms with van der Waals surface area (Å²) in [7, 11) is 3.94. The number of aliphatic hydroxyl groups is 1. The van der Waals surface area contributed by atoms with Crippen molar-refractivity contribution in [3.63, 3.8) is 0 Å². The Hall–Kier alpha value is -1.34. The zero-order valence-electron chi connectivity index (χ0n) is 11.5. The van der Waals surface area contributed by atoms with Crippen molar-refractivity contribution in [2.75, 3.05) is 33.7 Å². The van der Waals surface area contributed by atoms with Crippen molar-refractivity contribution in [1.82, 2.24) is 15.1 Å². The lowest BCUT2D eigenvalue weighted by atomic mass is 10.2. The Morgan fingerprint density at radius 1 is 1.47 bits per heavy atom. The number of likely N-dealkylation sites (N-methyl/N-ethyl adjacent to an activating group) is 1. The maximum absolute atomic E-state index is 12.0. The van der Waals surface area contributed by atoms with E-state index >= 15 is 0 Å². The molecular formula is C12H23N3O4. The predicted octanol–water partition coefficient (Wildman–Crippen LogP) is -0.442. The minimum absolute atomic E-state index is 0.0211. The summed E-state index contributed by atoms with van der Waals surface area (Å²) in [5, 5.41) is 20.3. The Labute approximate surface area is 113 Å². The van der Waals surface area contributed by atoms with Gasteiger partial charge in [-0.3, -0.25) is 0 Å². The quantitative estimate of drug-likeness (QED) is 0.610. The molecule has 0 aromatic heterocycles. The zero-order valence-corrected chi connectivity index (χ0v) is 11.5. The minimum atomic E-state index is -1.42. The highest BCUT2D eigenvalue weighted by atomic mass is 16.4. The summed E-state index contributed by atoms with van der Waals surface area (Å²) in [6.07, 6.45) is 0.580. The van der Waals surface area contributed by atoms with Gasteiger partial charge in [0.1, 0.15) is 0 Å². The number of aliphatic carboxylic acids is 1. The first-order valence-electron chi connectivity index (χ1n) is 6.52. The van der Waals surface area contributed by atoms with Crippen molar-refractivity contribution in [3.05, 3.63) is 0 Å². The molecule has 0 bridgehead atoms. The van der Waals surface area contributed by atoms with Gasteiger partial charge in [-0.2, -0.15) is 0 Å². The number of likely N-dealkylation sites (tertiary alicyclic amines) is 1. The molecule has 0 aromatic rings. The standard InChI is InChI=1S/C12H23N3O4/c1-14(2)8-9-4-3-7-15(9)12(19)13-6-5-10(16)11(17)18/h9-10,16H,3-8H2,1-2H3,(H,13,19)(H,17,18). The average Bonchev–Trinajstić information content (AvgIpc) is 2.75. The molecule has 3 N–H and O–H groups in total. The third kappa shape index (κ3) is 5.04. The van der Waals surface area contributed by atoms with Crippen LogP contribution >= 0.6 is 0 Å². The van der Waals surface area contributed by atoms with E-state index in [0.29, 0.717) is 0 Å². The van der Waals surface area contributed by atoms with E-state index in [2.05, 4.69) is 5.32 Å². The van der Waals surface area contributed by atoms with Crippen molar-refractivity contribution in [3.8, 4) is 0 Å². The number of urea groups is 1. The highest BCUT2D eigenvalue weighted by molar-refractivity contribution is 5.75. The molecule has 1 aliphatic rings. The molecule has 0 saturated carbocycles. The van der Waals surface area contributed by atoms with Gasteiger partial charge in [-0.05, 0) is 26.9 Å². The Balaban J connectivity index is 2.34. The summed E-state index contributed by atoms with van der Waals surface area (Å²) in [5.74, 6) is -1.26. The van der Waals surface area contributed by atoms with Crippen LogP contribution in [0, 0.1) is 0 Å². The Morgan fingerprint density at radius 3 is 2.74 bits per heavy atom. The van der Waals surface area contributed by atoms with Gasteiger partial charge in [-0.1, -0.05) is 0 Å². The monoisotopic (exact) mass is 273 g/mol. The largest absolute Gasteiger partial charge is 0.479 e. The SMILES string of the molecule is CN(C)CC1CCCN1C(=O)NCCC(O)C(=O)O. The van der Waals surface area contributed by atoms with E-state index in [1.807, 2.05) is 19.0 Å². The van der Waals surface area contributed by atoms with E-state index in [9.17, 15) is 9.59 Å². The van der Waals surface area contributed by atoms with Gasteiger partial charge in [0.15, 0.2) is 6.10 Å². The van der Waals surface area contributed by atoms with Crippen LogP contribution in [0.5, 0.6) is 0 Å². The first-order valence-corrected chi connectivity index (χ1v) is 6.52. The average molecular weight is 273 g/mol. The highest BCUT2D eigenvalue weighted by Gasteiger charge is 2.28. The van der Waals surface area contributed by atoms with Crippen molar-refractivity contribution >= 4 is 12.0 Å². The van der Waals surface area contributed by atoms with E-state index in [0.717, 1.165) is 25.9 Å². The van der Waals surface area contributed by atoms with Crippen LogP contribution in [-0.4, -0.2) is 77.9 Å². The molecule has 110 valence electrons. The van der Waals surface area contributed by atoms with Crippen LogP contribution in [0.15, 0.2) is 0 Å². The third-order valence-corrected chi connectivity index (χ3v) is 3.19. The van der Waals surface area contributed by atoms with Gasteiger partial charge in [0.05, 0.1) is 0 Å². The second kappa shape index (κ2) is 7.30. The van der Waals surface area contributed by atoms with Gasteiger partial charge in [-0.25, -0.2) is 9.59 Å². The molecule has 2 atom stereocenters. The number of amides is 2. The molecule has 0 radical (unpaired) electrons. The van der Waals surface area contributed by atoms with Crippen molar-refractivity contribution in [1.29, 1.82) is 0 Å². The first kappa shape index (κ1) is 15.7. The fraction of sp³-hybridized carbons (Fsp3) is 0.833. The topological polar surface area (TPSA) is 93.1 Å². The fourth-order valence-corrected chi connectivity index (χ4v) is 2.26. The molecule has 19 heavy (non-hydrogen) atoms. The molecule has 0 spiro atoms. The second-order valence-corrected chi connectivity index (χ2v) is 5.13. The molecule has 1 rings (SSSR count). The van der Waals surface area contributed by atoms with Gasteiger partial charge in [0, 0.05) is 32.1 Å². The molecule has 1 fully saturated rings. The van der Waals surface area contributed by atoms with Crippen molar-refractivity contribution < 1.29 is 19.8 Å². The Kier molecular flexibility index (Phi) is 6.04. The molecular weight excluding hydrogens is 250 g/mol. The predicted molar refractivity (Wildman–Crippen MR) is 69.9 cm³/mol. The summed E-state index contributed by atoms with van der Waals surface area (Å²) in [4.78, 5) is 26.2. The Bertz CT molecular complexity index is 322. The molecule has 0 aromatic carbocycles. The van der Waals surface area contributed by atoms with Gasteiger partial charge in [0.25, 0.3) is 0 Å². The minimum Gasteiger partial charge on any atom is -0.479 e. The summed E-state index contributed by atoms with van der Waals surface area (Å²) in [6.45, 7) is 1.72. The number of carboxylic acid groups (broad SMARTS) is 1.